The molecule has 20 nitrogen and oxygen atoms in total. The molecule has 20 heteroatoms. The van der Waals surface area contributed by atoms with E-state index in [9.17, 15) is 53.4 Å². The molecule has 0 spiro atoms. The number of benzene rings is 2. The van der Waals surface area contributed by atoms with Gasteiger partial charge in [0.1, 0.15) is 60.1 Å². The fraction of sp³-hybridized carbons (Fsp3) is 0.604. The number of hydrogen-bond acceptors (Lipinski definition) is 11. The molecule has 7 N–H and O–H groups in total. The third-order valence-corrected chi connectivity index (χ3v) is 15.2. The Morgan fingerprint density at radius 2 is 0.904 bits per heavy atom. The van der Waals surface area contributed by atoms with Gasteiger partial charge < -0.3 is 56.4 Å². The Bertz CT molecular complexity index is 2350. The first-order valence-electron chi connectivity index (χ1n) is 26.2. The van der Waals surface area contributed by atoms with Crippen molar-refractivity contribution in [3.8, 4) is 5.75 Å². The van der Waals surface area contributed by atoms with Gasteiger partial charge in [0.15, 0.2) is 0 Å². The van der Waals surface area contributed by atoms with Crippen LogP contribution in [0.5, 0.6) is 5.75 Å². The van der Waals surface area contributed by atoms with Gasteiger partial charge in [-0.15, -0.1) is 0 Å². The lowest BCUT2D eigenvalue weighted by atomic mass is 9.96. The van der Waals surface area contributed by atoms with Crippen molar-refractivity contribution in [2.45, 2.75) is 159 Å². The third-order valence-electron chi connectivity index (χ3n) is 15.2. The summed E-state index contributed by atoms with van der Waals surface area (Å²) in [6, 6.07) is 4.52. The number of phenols is 1. The normalized spacial score (nSPS) is 28.9. The van der Waals surface area contributed by atoms with Crippen molar-refractivity contribution in [3.63, 3.8) is 0 Å². The lowest BCUT2D eigenvalue weighted by Crippen LogP contribution is -2.61. The maximum absolute atomic E-state index is 14.7. The van der Waals surface area contributed by atoms with Gasteiger partial charge in [0.2, 0.25) is 53.2 Å². The molecule has 9 amide bonds. The fourth-order valence-corrected chi connectivity index (χ4v) is 11.0. The average Bonchev–Trinajstić information content (AvgIpc) is 4.24. The number of rotatable bonds is 9. The van der Waals surface area contributed by atoms with E-state index in [0.717, 1.165) is 0 Å². The molecule has 7 rings (SSSR count). The molecule has 0 aromatic heterocycles. The number of carbonyl (C=O) groups is 9. The summed E-state index contributed by atoms with van der Waals surface area (Å²) in [6.45, 7) is 7.44. The SMILES string of the molecule is CCC(C)C1NC(=O)C2CCCN2C(=O)C(CC(C)C)NC(=O)C2CCCN2C(=O)C(CO)NC(=O)C(Cc2ccc(O)cc2)NC(=O)C(Cc2ccccc2)NC(=O)C2CCCN2C(=O)C2CCCN2C1=O. The van der Waals surface area contributed by atoms with Crippen LogP contribution in [-0.4, -0.2) is 170 Å². The Hall–Kier alpha value is -6.57. The second-order valence-electron chi connectivity index (χ2n) is 20.7. The molecule has 10 unspecified atom stereocenters. The van der Waals surface area contributed by atoms with Crippen LogP contribution >= 0.6 is 0 Å². The molecule has 5 heterocycles. The van der Waals surface area contributed by atoms with E-state index in [1.54, 1.807) is 42.5 Å². The van der Waals surface area contributed by atoms with Gasteiger partial charge >= 0.3 is 0 Å². The van der Waals surface area contributed by atoms with Crippen LogP contribution in [0.15, 0.2) is 54.6 Å². The molecule has 10 atom stereocenters. The molecule has 5 aliphatic rings. The lowest BCUT2D eigenvalue weighted by molar-refractivity contribution is -0.149. The molecule has 5 aliphatic heterocycles. The van der Waals surface area contributed by atoms with Gasteiger partial charge in [-0.05, 0) is 92.9 Å². The predicted octanol–water partition coefficient (Wildman–Crippen LogP) is 0.664. The Kier molecular flexibility index (Phi) is 18.1. The topological polar surface area (TPSA) is 267 Å². The van der Waals surface area contributed by atoms with Gasteiger partial charge in [-0.25, -0.2) is 0 Å². The first-order chi connectivity index (χ1) is 35.0. The van der Waals surface area contributed by atoms with Crippen LogP contribution < -0.4 is 26.6 Å². The zero-order valence-electron chi connectivity index (χ0n) is 42.4. The van der Waals surface area contributed by atoms with Crippen LogP contribution in [0.2, 0.25) is 0 Å². The lowest BCUT2D eigenvalue weighted by Gasteiger charge is -2.35. The zero-order valence-corrected chi connectivity index (χ0v) is 42.4. The minimum absolute atomic E-state index is 0.0152. The van der Waals surface area contributed by atoms with Crippen molar-refractivity contribution < 1.29 is 53.4 Å². The largest absolute Gasteiger partial charge is 0.508 e. The van der Waals surface area contributed by atoms with Crippen molar-refractivity contribution >= 4 is 53.2 Å². The summed E-state index contributed by atoms with van der Waals surface area (Å²) in [7, 11) is 0. The fourth-order valence-electron chi connectivity index (χ4n) is 11.0. The average molecular weight is 1010 g/mol. The second kappa shape index (κ2) is 24.4. The Morgan fingerprint density at radius 1 is 0.493 bits per heavy atom. The van der Waals surface area contributed by atoms with Gasteiger partial charge in [0.25, 0.3) is 0 Å². The summed E-state index contributed by atoms with van der Waals surface area (Å²) >= 11 is 0. The van der Waals surface area contributed by atoms with E-state index in [4.69, 9.17) is 0 Å². The quantitative estimate of drug-likeness (QED) is 0.184. The molecular formula is C53H73N9O11. The molecule has 73 heavy (non-hydrogen) atoms. The van der Waals surface area contributed by atoms with Crippen LogP contribution in [0.4, 0.5) is 0 Å². The molecule has 0 radical (unpaired) electrons. The minimum Gasteiger partial charge on any atom is -0.508 e. The Balaban J connectivity index is 1.25. The number of amides is 9. The number of nitrogens with one attached hydrogen (secondary N) is 5. The van der Waals surface area contributed by atoms with Gasteiger partial charge in [0, 0.05) is 39.0 Å². The van der Waals surface area contributed by atoms with Crippen molar-refractivity contribution in [2.75, 3.05) is 32.8 Å². The maximum atomic E-state index is 14.7. The number of aliphatic hydroxyl groups excluding tert-OH is 1. The van der Waals surface area contributed by atoms with Crippen LogP contribution in [0.3, 0.4) is 0 Å². The molecule has 5 fully saturated rings. The predicted molar refractivity (Wildman–Crippen MR) is 267 cm³/mol. The summed E-state index contributed by atoms with van der Waals surface area (Å²) in [5, 5.41) is 34.8. The highest BCUT2D eigenvalue weighted by Gasteiger charge is 2.47. The van der Waals surface area contributed by atoms with Crippen molar-refractivity contribution in [2.24, 2.45) is 11.8 Å². The number of hydrogen-bond donors (Lipinski definition) is 7. The van der Waals surface area contributed by atoms with E-state index in [-0.39, 0.29) is 75.9 Å². The number of fused-ring (bicyclic) bond motifs is 4. The summed E-state index contributed by atoms with van der Waals surface area (Å²) < 4.78 is 0. The van der Waals surface area contributed by atoms with E-state index in [2.05, 4.69) is 26.6 Å². The highest BCUT2D eigenvalue weighted by atomic mass is 16.3. The van der Waals surface area contributed by atoms with Gasteiger partial charge in [-0.3, -0.25) is 43.2 Å². The summed E-state index contributed by atoms with van der Waals surface area (Å²) in [4.78, 5) is 136. The number of phenolic OH excluding ortho intramolecular Hbond substituents is 1. The Labute approximate surface area is 426 Å². The van der Waals surface area contributed by atoms with E-state index >= 15 is 0 Å². The van der Waals surface area contributed by atoms with Crippen molar-refractivity contribution in [1.29, 1.82) is 0 Å². The highest BCUT2D eigenvalue weighted by Crippen LogP contribution is 2.29. The molecule has 0 bridgehead atoms. The van der Waals surface area contributed by atoms with Gasteiger partial charge in [0.05, 0.1) is 6.61 Å². The van der Waals surface area contributed by atoms with Crippen LogP contribution in [0, 0.1) is 11.8 Å². The van der Waals surface area contributed by atoms with E-state index in [0.29, 0.717) is 56.1 Å². The highest BCUT2D eigenvalue weighted by molar-refractivity contribution is 6.00. The molecule has 0 saturated carbocycles. The van der Waals surface area contributed by atoms with E-state index in [1.807, 2.05) is 27.7 Å². The minimum atomic E-state index is -1.56. The summed E-state index contributed by atoms with van der Waals surface area (Å²) in [5.74, 6) is -5.98. The van der Waals surface area contributed by atoms with Crippen molar-refractivity contribution in [3.05, 3.63) is 65.7 Å². The maximum Gasteiger partial charge on any atom is 0.248 e. The first-order valence-corrected chi connectivity index (χ1v) is 26.2. The van der Waals surface area contributed by atoms with Gasteiger partial charge in [-0.1, -0.05) is 76.6 Å². The first kappa shape index (κ1) is 54.2. The summed E-state index contributed by atoms with van der Waals surface area (Å²) in [6.07, 6.45) is 3.58. The Morgan fingerprint density at radius 3 is 1.40 bits per heavy atom. The molecule has 2 aromatic carbocycles. The van der Waals surface area contributed by atoms with Crippen LogP contribution in [-0.2, 0) is 56.0 Å². The molecule has 2 aromatic rings. The van der Waals surface area contributed by atoms with Crippen LogP contribution in [0.1, 0.15) is 103 Å². The zero-order chi connectivity index (χ0) is 52.5. The smallest absolute Gasteiger partial charge is 0.248 e. The summed E-state index contributed by atoms with van der Waals surface area (Å²) in [5.41, 5.74) is 1.19. The van der Waals surface area contributed by atoms with E-state index in [1.165, 1.54) is 31.7 Å². The number of nitrogens with zero attached hydrogens (tertiary/aromatic N) is 4. The molecule has 0 aliphatic carbocycles. The van der Waals surface area contributed by atoms with Gasteiger partial charge in [-0.2, -0.15) is 0 Å². The number of carbonyl (C=O) groups excluding carboxylic acids is 9. The number of aliphatic hydroxyl groups is 1. The third kappa shape index (κ3) is 12.8. The monoisotopic (exact) mass is 1010 g/mol. The molecular weight excluding hydrogens is 939 g/mol. The molecule has 5 saturated heterocycles. The second-order valence-corrected chi connectivity index (χ2v) is 20.7. The van der Waals surface area contributed by atoms with Crippen molar-refractivity contribution in [1.82, 2.24) is 46.2 Å². The number of aromatic hydroxyl groups is 1. The standard InChI is InChI=1S/C53H73N9O11/c1-5-32(4)44-53(73)62-26-12-18-43(62)52(72)61-25-11-16-41(61)47(67)55-37(28-33-13-7-6-8-14-33)45(65)54-36(29-34-19-21-35(64)22-20-34)46(66)57-39(30-63)51(71)60-24-9-15-40(60)48(68)56-38(27-31(2)3)50(70)59-23-10-17-42(59)49(69)58-44/h6-8,13-14,19-22,31-32,36-44,63-64H,5,9-12,15-18,23-30H2,1-4H3,(H,54,65)(H,55,67)(H,56,68)(H,57,66)(H,58,69). The molecule has 396 valence electrons. The van der Waals surface area contributed by atoms with E-state index < -0.39 is 114 Å². The van der Waals surface area contributed by atoms with Crippen LogP contribution in [0.25, 0.3) is 0 Å².